The molecule has 1 amide bonds. The van der Waals surface area contributed by atoms with E-state index in [1.807, 2.05) is 12.3 Å². The Labute approximate surface area is 98.0 Å². The summed E-state index contributed by atoms with van der Waals surface area (Å²) in [5, 5.41) is 1.99. The predicted molar refractivity (Wildman–Crippen MR) is 60.4 cm³/mol. The van der Waals surface area contributed by atoms with Crippen molar-refractivity contribution in [3.8, 4) is 0 Å². The van der Waals surface area contributed by atoms with Gasteiger partial charge in [0, 0.05) is 6.92 Å². The third-order valence-corrected chi connectivity index (χ3v) is 4.11. The van der Waals surface area contributed by atoms with Gasteiger partial charge in [-0.25, -0.2) is 0 Å². The molecule has 1 unspecified atom stereocenters. The molecule has 88 valence electrons. The zero-order chi connectivity index (χ0) is 11.9. The Bertz CT molecular complexity index is 369. The molecule has 6 heteroatoms. The molecule has 0 radical (unpaired) electrons. The minimum Gasteiger partial charge on any atom is -0.461 e. The number of carbonyl (C=O) groups is 2. The number of nitrogens with zero attached hydrogens (tertiary/aromatic N) is 1. The number of carbonyl (C=O) groups excluding carboxylic acids is 2. The molecule has 16 heavy (non-hydrogen) atoms. The first-order chi connectivity index (χ1) is 7.52. The first-order valence-electron chi connectivity index (χ1n) is 5.08. The van der Waals surface area contributed by atoms with Crippen molar-refractivity contribution < 1.29 is 14.3 Å². The van der Waals surface area contributed by atoms with Gasteiger partial charge in [0.05, 0.1) is 6.04 Å². The minimum absolute atomic E-state index is 0.0292. The molecule has 2 N–H and O–H groups in total. The number of esters is 1. The lowest BCUT2D eigenvalue weighted by molar-refractivity contribution is -0.146. The Morgan fingerprint density at radius 1 is 1.69 bits per heavy atom. The van der Waals surface area contributed by atoms with Crippen molar-refractivity contribution in [2.24, 2.45) is 5.73 Å². The fraction of sp³-hybridized carbons (Fsp3) is 0.600. The van der Waals surface area contributed by atoms with Crippen LogP contribution in [0.3, 0.4) is 0 Å². The van der Waals surface area contributed by atoms with E-state index in [1.54, 1.807) is 4.90 Å². The number of β-lactam (4-membered cyclic amide) rings is 1. The van der Waals surface area contributed by atoms with Gasteiger partial charge in [0.25, 0.3) is 0 Å². The third-order valence-electron chi connectivity index (χ3n) is 2.88. The molecule has 0 saturated carbocycles. The summed E-state index contributed by atoms with van der Waals surface area (Å²) in [4.78, 5) is 24.0. The van der Waals surface area contributed by atoms with Crippen LogP contribution in [0.25, 0.3) is 0 Å². The largest absolute Gasteiger partial charge is 0.461 e. The number of nitrogens with two attached hydrogens (primary N) is 1. The second-order valence-corrected chi connectivity index (χ2v) is 4.94. The molecule has 3 atom stereocenters. The Morgan fingerprint density at radius 2 is 2.38 bits per heavy atom. The van der Waals surface area contributed by atoms with Crippen LogP contribution in [0, 0.1) is 0 Å². The molecule has 2 aliphatic heterocycles. The molecule has 0 aromatic rings. The second kappa shape index (κ2) is 4.10. The van der Waals surface area contributed by atoms with E-state index in [0.717, 1.165) is 5.57 Å². The molecule has 0 spiro atoms. The summed E-state index contributed by atoms with van der Waals surface area (Å²) in [5.41, 5.74) is 6.62. The molecule has 2 rings (SSSR count). The number of fused-ring (bicyclic) bond motifs is 1. The average Bonchev–Trinajstić information content (AvgIpc) is 2.25. The number of ether oxygens (including phenoxy) is 1. The zero-order valence-electron chi connectivity index (χ0n) is 9.17. The van der Waals surface area contributed by atoms with Gasteiger partial charge in [-0.15, -0.1) is 11.8 Å². The molecule has 0 aromatic carbocycles. The summed E-state index contributed by atoms with van der Waals surface area (Å²) in [7, 11) is 0. The highest BCUT2D eigenvalue weighted by molar-refractivity contribution is 8.02. The van der Waals surface area contributed by atoms with Crippen molar-refractivity contribution in [3.63, 3.8) is 0 Å². The smallest absolute Gasteiger partial charge is 0.302 e. The summed E-state index contributed by atoms with van der Waals surface area (Å²) in [6.45, 7) is 3.54. The SMILES string of the molecule is CC(=O)OCC1=CS[C@@H]2[C@H](N)C(=O)N2C1C. The van der Waals surface area contributed by atoms with Crippen molar-refractivity contribution in [2.45, 2.75) is 31.3 Å². The Kier molecular flexibility index (Phi) is 2.94. The zero-order valence-corrected chi connectivity index (χ0v) is 9.99. The normalized spacial score (nSPS) is 32.7. The quantitative estimate of drug-likeness (QED) is 0.548. The first-order valence-corrected chi connectivity index (χ1v) is 6.02. The van der Waals surface area contributed by atoms with Crippen LogP contribution in [0.15, 0.2) is 11.0 Å². The predicted octanol–water partition coefficient (Wildman–Crippen LogP) is 0.0643. The van der Waals surface area contributed by atoms with Crippen LogP contribution >= 0.6 is 11.8 Å². The lowest BCUT2D eigenvalue weighted by atomic mass is 10.0. The van der Waals surface area contributed by atoms with Gasteiger partial charge in [-0.3, -0.25) is 9.59 Å². The van der Waals surface area contributed by atoms with E-state index in [9.17, 15) is 9.59 Å². The summed E-state index contributed by atoms with van der Waals surface area (Å²) in [5.74, 6) is -0.342. The van der Waals surface area contributed by atoms with E-state index < -0.39 is 0 Å². The van der Waals surface area contributed by atoms with Crippen LogP contribution in [0.2, 0.25) is 0 Å². The van der Waals surface area contributed by atoms with Gasteiger partial charge in [-0.1, -0.05) is 0 Å². The van der Waals surface area contributed by atoms with Crippen molar-refractivity contribution in [3.05, 3.63) is 11.0 Å². The van der Waals surface area contributed by atoms with Crippen molar-refractivity contribution in [1.82, 2.24) is 4.90 Å². The topological polar surface area (TPSA) is 72.6 Å². The van der Waals surface area contributed by atoms with Gasteiger partial charge in [0.1, 0.15) is 18.0 Å². The van der Waals surface area contributed by atoms with E-state index in [4.69, 9.17) is 10.5 Å². The van der Waals surface area contributed by atoms with E-state index in [-0.39, 0.29) is 35.9 Å². The van der Waals surface area contributed by atoms with Crippen LogP contribution in [-0.2, 0) is 14.3 Å². The molecular formula is C10H14N2O3S. The third kappa shape index (κ3) is 1.72. The van der Waals surface area contributed by atoms with Crippen LogP contribution < -0.4 is 5.73 Å². The average molecular weight is 242 g/mol. The van der Waals surface area contributed by atoms with Gasteiger partial charge in [-0.05, 0) is 17.9 Å². The number of amides is 1. The van der Waals surface area contributed by atoms with Gasteiger partial charge >= 0.3 is 5.97 Å². The molecule has 0 aromatic heterocycles. The van der Waals surface area contributed by atoms with E-state index in [1.165, 1.54) is 18.7 Å². The maximum absolute atomic E-state index is 11.5. The highest BCUT2D eigenvalue weighted by Gasteiger charge is 2.49. The van der Waals surface area contributed by atoms with Crippen molar-refractivity contribution in [2.75, 3.05) is 6.61 Å². The standard InChI is InChI=1S/C10H14N2O3S/c1-5-7(3-15-6(2)13)4-16-10-8(11)9(14)12(5)10/h4-5,8,10H,3,11H2,1-2H3/t5?,8-,10-/m1/s1. The molecule has 5 nitrogen and oxygen atoms in total. The molecule has 1 saturated heterocycles. The fourth-order valence-electron chi connectivity index (χ4n) is 1.85. The van der Waals surface area contributed by atoms with Crippen LogP contribution in [-0.4, -0.2) is 40.8 Å². The molecular weight excluding hydrogens is 228 g/mol. The van der Waals surface area contributed by atoms with E-state index in [0.29, 0.717) is 0 Å². The summed E-state index contributed by atoms with van der Waals surface area (Å²) in [6.07, 6.45) is 0. The van der Waals surface area contributed by atoms with Gasteiger partial charge in [0.2, 0.25) is 5.91 Å². The highest BCUT2D eigenvalue weighted by Crippen LogP contribution is 2.38. The van der Waals surface area contributed by atoms with E-state index in [2.05, 4.69) is 0 Å². The lowest BCUT2D eigenvalue weighted by Crippen LogP contribution is -2.70. The highest BCUT2D eigenvalue weighted by atomic mass is 32.2. The maximum atomic E-state index is 11.5. The Hall–Kier alpha value is -1.01. The number of hydrogen-bond donors (Lipinski definition) is 1. The summed E-state index contributed by atoms with van der Waals surface area (Å²) >= 11 is 1.52. The van der Waals surface area contributed by atoms with Crippen LogP contribution in [0.5, 0.6) is 0 Å². The minimum atomic E-state index is -0.390. The first kappa shape index (κ1) is 11.5. The molecule has 0 aliphatic carbocycles. The Balaban J connectivity index is 2.04. The fourth-order valence-corrected chi connectivity index (χ4v) is 3.13. The number of thioether (sulfide) groups is 1. The monoisotopic (exact) mass is 242 g/mol. The second-order valence-electron chi connectivity index (χ2n) is 3.95. The molecule has 0 bridgehead atoms. The van der Waals surface area contributed by atoms with Crippen molar-refractivity contribution >= 4 is 23.6 Å². The Morgan fingerprint density at radius 3 is 3.00 bits per heavy atom. The lowest BCUT2D eigenvalue weighted by Gasteiger charge is -2.50. The molecule has 2 aliphatic rings. The maximum Gasteiger partial charge on any atom is 0.302 e. The van der Waals surface area contributed by atoms with Crippen LogP contribution in [0.1, 0.15) is 13.8 Å². The molecule has 1 fully saturated rings. The summed E-state index contributed by atoms with van der Waals surface area (Å²) < 4.78 is 4.93. The van der Waals surface area contributed by atoms with Crippen molar-refractivity contribution in [1.29, 1.82) is 0 Å². The van der Waals surface area contributed by atoms with Gasteiger partial charge in [-0.2, -0.15) is 0 Å². The van der Waals surface area contributed by atoms with Gasteiger partial charge < -0.3 is 15.4 Å². The number of rotatable bonds is 2. The van der Waals surface area contributed by atoms with E-state index >= 15 is 0 Å². The van der Waals surface area contributed by atoms with Crippen LogP contribution in [0.4, 0.5) is 0 Å². The number of hydrogen-bond acceptors (Lipinski definition) is 5. The van der Waals surface area contributed by atoms with Gasteiger partial charge in [0.15, 0.2) is 0 Å². The molecule has 2 heterocycles. The summed E-state index contributed by atoms with van der Waals surface area (Å²) in [6, 6.07) is -0.420.